The van der Waals surface area contributed by atoms with E-state index in [0.717, 1.165) is 72.9 Å². The molecule has 0 aliphatic carbocycles. The van der Waals surface area contributed by atoms with Crippen LogP contribution in [0.25, 0.3) is 12.2 Å². The van der Waals surface area contributed by atoms with Crippen LogP contribution in [-0.2, 0) is 20.4 Å². The highest BCUT2D eigenvalue weighted by molar-refractivity contribution is 5.69. The molecule has 0 aliphatic rings. The van der Waals surface area contributed by atoms with Crippen LogP contribution in [0.5, 0.6) is 11.5 Å². The number of benzene rings is 4. The number of phenolic OH excluding ortho intramolecular Hbond substituents is 1. The van der Waals surface area contributed by atoms with Gasteiger partial charge in [0.1, 0.15) is 11.5 Å². The third kappa shape index (κ3) is 14.2. The molecular formula is C60H86O6. The molecule has 6 heteroatoms. The average Bonchev–Trinajstić information content (AvgIpc) is 3.32. The highest BCUT2D eigenvalue weighted by Gasteiger charge is 2.33. The van der Waals surface area contributed by atoms with E-state index in [1.807, 2.05) is 59.8 Å². The Balaban J connectivity index is 0.000000367. The van der Waals surface area contributed by atoms with Gasteiger partial charge in [-0.25, -0.2) is 0 Å². The summed E-state index contributed by atoms with van der Waals surface area (Å²) in [6, 6.07) is 26.1. The first-order valence-electron chi connectivity index (χ1n) is 25.2. The van der Waals surface area contributed by atoms with Gasteiger partial charge in [0.2, 0.25) is 0 Å². The number of hydrogen-bond donors (Lipinski definition) is 3. The SMILES string of the molecule is CCC(O)(/C=C/c1ccc(C(CC)(CC)c2ccc(O)c(C)c2)cc1C)CC.CCOC(=O)CCCCCOc1ccc(C(CC)(CC)c2ccc(/C=C/C(O)(CC)CC)c(C)c2)cc1C. The van der Waals surface area contributed by atoms with Crippen LogP contribution in [0, 0.1) is 27.7 Å². The molecule has 0 heterocycles. The van der Waals surface area contributed by atoms with E-state index < -0.39 is 11.2 Å². The number of ether oxygens (including phenoxy) is 2. The molecule has 4 rings (SSSR count). The molecule has 0 atom stereocenters. The molecule has 0 fully saturated rings. The average molecular weight is 903 g/mol. The standard InChI is InChI=1S/C34H50O4.C26H36O2/c1-8-33(36,9-2)22-21-28-17-18-29(24-26(28)6)34(10-3,11-4)30-19-20-31(27(7)25-30)38-23-15-13-14-16-32(35)37-12-5;1-7-25(28,8-2)16-15-21-11-12-22(17-19(21)5)26(9-3,10-4)23-13-14-24(27)20(6)18-23/h17-22,24-25,36H,8-16,23H2,1-7H3;11-18,27-28H,7-10H2,1-6H3/b22-21+;16-15+. The first kappa shape index (κ1) is 55.7. The number of hydrogen-bond acceptors (Lipinski definition) is 6. The molecule has 66 heavy (non-hydrogen) atoms. The number of carbonyl (C=O) groups excluding carboxylic acids is 1. The Hall–Kier alpha value is -4.65. The van der Waals surface area contributed by atoms with Gasteiger partial charge < -0.3 is 24.8 Å². The molecule has 0 amide bonds. The minimum Gasteiger partial charge on any atom is -0.508 e. The molecule has 0 saturated heterocycles. The first-order chi connectivity index (χ1) is 31.4. The van der Waals surface area contributed by atoms with Gasteiger partial charge in [-0.1, -0.05) is 140 Å². The summed E-state index contributed by atoms with van der Waals surface area (Å²) in [5.74, 6) is 1.16. The Bertz CT molecular complexity index is 2180. The predicted octanol–water partition coefficient (Wildman–Crippen LogP) is 15.2. The van der Waals surface area contributed by atoms with Crippen LogP contribution in [0.15, 0.2) is 84.9 Å². The van der Waals surface area contributed by atoms with Crippen LogP contribution in [0.4, 0.5) is 0 Å². The van der Waals surface area contributed by atoms with Gasteiger partial charge in [-0.15, -0.1) is 0 Å². The number of unbranched alkanes of at least 4 members (excludes halogenated alkanes) is 2. The predicted molar refractivity (Wildman–Crippen MR) is 279 cm³/mol. The van der Waals surface area contributed by atoms with E-state index in [0.29, 0.717) is 51.1 Å². The summed E-state index contributed by atoms with van der Waals surface area (Å²) in [5.41, 5.74) is 10.4. The van der Waals surface area contributed by atoms with Crippen molar-refractivity contribution in [1.82, 2.24) is 0 Å². The summed E-state index contributed by atoms with van der Waals surface area (Å²) in [5, 5.41) is 31.1. The molecule has 4 aromatic carbocycles. The lowest BCUT2D eigenvalue weighted by molar-refractivity contribution is -0.143. The summed E-state index contributed by atoms with van der Waals surface area (Å²) in [6.07, 6.45) is 18.0. The maximum Gasteiger partial charge on any atom is 0.305 e. The lowest BCUT2D eigenvalue weighted by atomic mass is 9.70. The van der Waals surface area contributed by atoms with Crippen LogP contribution >= 0.6 is 0 Å². The summed E-state index contributed by atoms with van der Waals surface area (Å²) in [4.78, 5) is 11.5. The quantitative estimate of drug-likeness (QED) is 0.0479. The smallest absolute Gasteiger partial charge is 0.305 e. The molecule has 0 spiro atoms. The van der Waals surface area contributed by atoms with Gasteiger partial charge in [0.05, 0.1) is 24.4 Å². The second-order valence-electron chi connectivity index (χ2n) is 18.5. The van der Waals surface area contributed by atoms with Crippen molar-refractivity contribution in [2.45, 2.75) is 189 Å². The lowest BCUT2D eigenvalue weighted by Gasteiger charge is -2.34. The second kappa shape index (κ2) is 26.0. The van der Waals surface area contributed by atoms with E-state index in [1.165, 1.54) is 33.4 Å². The van der Waals surface area contributed by atoms with E-state index in [-0.39, 0.29) is 16.8 Å². The van der Waals surface area contributed by atoms with Crippen LogP contribution < -0.4 is 4.74 Å². The van der Waals surface area contributed by atoms with Gasteiger partial charge in [-0.05, 0) is 173 Å². The van der Waals surface area contributed by atoms with Crippen molar-refractivity contribution in [3.05, 3.63) is 141 Å². The molecule has 0 bridgehead atoms. The van der Waals surface area contributed by atoms with Gasteiger partial charge in [0.25, 0.3) is 0 Å². The number of aryl methyl sites for hydroxylation is 4. The number of rotatable bonds is 24. The fourth-order valence-electron chi connectivity index (χ4n) is 9.27. The summed E-state index contributed by atoms with van der Waals surface area (Å²) < 4.78 is 11.1. The van der Waals surface area contributed by atoms with E-state index >= 15 is 0 Å². The van der Waals surface area contributed by atoms with Crippen LogP contribution in [0.2, 0.25) is 0 Å². The summed E-state index contributed by atoms with van der Waals surface area (Å²) in [7, 11) is 0. The van der Waals surface area contributed by atoms with Crippen molar-refractivity contribution in [3.63, 3.8) is 0 Å². The van der Waals surface area contributed by atoms with Crippen LogP contribution in [0.3, 0.4) is 0 Å². The highest BCUT2D eigenvalue weighted by Crippen LogP contribution is 2.42. The summed E-state index contributed by atoms with van der Waals surface area (Å²) in [6.45, 7) is 28.4. The van der Waals surface area contributed by atoms with E-state index in [9.17, 15) is 20.1 Å². The topological polar surface area (TPSA) is 96.2 Å². The molecule has 0 aliphatic heterocycles. The minimum atomic E-state index is -0.744. The second-order valence-corrected chi connectivity index (χ2v) is 18.5. The normalized spacial score (nSPS) is 12.4. The van der Waals surface area contributed by atoms with Crippen molar-refractivity contribution in [2.24, 2.45) is 0 Å². The maximum absolute atomic E-state index is 11.5. The molecule has 0 aromatic heterocycles. The summed E-state index contributed by atoms with van der Waals surface area (Å²) >= 11 is 0. The van der Waals surface area contributed by atoms with E-state index in [2.05, 4.69) is 127 Å². The molecule has 0 unspecified atom stereocenters. The number of aliphatic hydroxyl groups is 2. The Morgan fingerprint density at radius 2 is 0.924 bits per heavy atom. The van der Waals surface area contributed by atoms with Crippen LogP contribution in [-0.4, -0.2) is 45.7 Å². The third-order valence-electron chi connectivity index (χ3n) is 14.7. The Kier molecular flexibility index (Phi) is 22.0. The highest BCUT2D eigenvalue weighted by atomic mass is 16.5. The fourth-order valence-corrected chi connectivity index (χ4v) is 9.27. The first-order valence-corrected chi connectivity index (χ1v) is 25.2. The van der Waals surface area contributed by atoms with Gasteiger partial charge >= 0.3 is 5.97 Å². The molecule has 3 N–H and O–H groups in total. The van der Waals surface area contributed by atoms with Crippen molar-refractivity contribution in [3.8, 4) is 11.5 Å². The zero-order valence-corrected chi connectivity index (χ0v) is 43.2. The van der Waals surface area contributed by atoms with Gasteiger partial charge in [0, 0.05) is 17.3 Å². The molecular weight excluding hydrogens is 817 g/mol. The van der Waals surface area contributed by atoms with Crippen molar-refractivity contribution >= 4 is 18.1 Å². The van der Waals surface area contributed by atoms with Gasteiger partial charge in [-0.2, -0.15) is 0 Å². The largest absolute Gasteiger partial charge is 0.508 e. The van der Waals surface area contributed by atoms with Crippen molar-refractivity contribution in [1.29, 1.82) is 0 Å². The number of esters is 1. The molecule has 4 aromatic rings. The van der Waals surface area contributed by atoms with Gasteiger partial charge in [0.15, 0.2) is 0 Å². The minimum absolute atomic E-state index is 0.0704. The van der Waals surface area contributed by atoms with Crippen molar-refractivity contribution < 1.29 is 29.6 Å². The molecule has 6 nitrogen and oxygen atoms in total. The third-order valence-corrected chi connectivity index (χ3v) is 14.7. The number of aromatic hydroxyl groups is 1. The van der Waals surface area contributed by atoms with Crippen LogP contribution in [0.1, 0.15) is 195 Å². The monoisotopic (exact) mass is 903 g/mol. The molecule has 0 radical (unpaired) electrons. The van der Waals surface area contributed by atoms with Crippen molar-refractivity contribution in [2.75, 3.05) is 13.2 Å². The van der Waals surface area contributed by atoms with E-state index in [4.69, 9.17) is 9.47 Å². The Labute approximate surface area is 400 Å². The zero-order valence-electron chi connectivity index (χ0n) is 43.2. The zero-order chi connectivity index (χ0) is 49.1. The Morgan fingerprint density at radius 1 is 0.515 bits per heavy atom. The Morgan fingerprint density at radius 3 is 1.30 bits per heavy atom. The maximum atomic E-state index is 11.5. The van der Waals surface area contributed by atoms with E-state index in [1.54, 1.807) is 0 Å². The van der Waals surface area contributed by atoms with Gasteiger partial charge in [-0.3, -0.25) is 4.79 Å². The lowest BCUT2D eigenvalue weighted by Crippen LogP contribution is -2.26. The number of carbonyl (C=O) groups is 1. The molecule has 0 saturated carbocycles. The molecule has 362 valence electrons. The fraction of sp³-hybridized carbons (Fsp3) is 0.517. The number of phenols is 1.